The van der Waals surface area contributed by atoms with Gasteiger partial charge in [0.2, 0.25) is 5.89 Å². The number of hydrogen-bond donors (Lipinski definition) is 1. The van der Waals surface area contributed by atoms with E-state index < -0.39 is 0 Å². The summed E-state index contributed by atoms with van der Waals surface area (Å²) in [6, 6.07) is 7.66. The Morgan fingerprint density at radius 3 is 2.85 bits per heavy atom. The molecule has 0 saturated carbocycles. The van der Waals surface area contributed by atoms with E-state index in [-0.39, 0.29) is 6.04 Å². The topological polar surface area (TPSA) is 86.0 Å². The lowest BCUT2D eigenvalue weighted by Crippen LogP contribution is -2.42. The Bertz CT molecular complexity index is 859. The summed E-state index contributed by atoms with van der Waals surface area (Å²) < 4.78 is 7.35. The van der Waals surface area contributed by atoms with Crippen LogP contribution in [0.25, 0.3) is 11.5 Å². The minimum Gasteiger partial charge on any atom is -0.444 e. The number of hydrogen-bond acceptors (Lipinski definition) is 6. The molecule has 1 aliphatic heterocycles. The van der Waals surface area contributed by atoms with Crippen molar-refractivity contribution in [2.24, 2.45) is 5.73 Å². The minimum absolute atomic E-state index is 0.264. The molecule has 0 radical (unpaired) electrons. The highest BCUT2D eigenvalue weighted by atomic mass is 35.5. The second-order valence-electron chi connectivity index (χ2n) is 6.70. The van der Waals surface area contributed by atoms with Gasteiger partial charge in [-0.1, -0.05) is 16.8 Å². The predicted octanol–water partition coefficient (Wildman–Crippen LogP) is 2.56. The maximum atomic E-state index is 6.04. The highest BCUT2D eigenvalue weighted by Crippen LogP contribution is 2.21. The standard InChI is InChI=1S/C18H21ClN6O/c19-14-5-3-13(4-6-14)18-21-17(12-26-18)11-25-10-16(22-23-25)9-24-7-1-2-15(20)8-24/h3-6,10,12,15H,1-2,7-9,11,20H2. The number of likely N-dealkylation sites (tertiary alicyclic amines) is 1. The Hall–Kier alpha value is -2.22. The SMILES string of the molecule is NC1CCCN(Cc2cn(Cc3coc(-c4ccc(Cl)cc4)n3)nn2)C1. The van der Waals surface area contributed by atoms with Gasteiger partial charge in [-0.3, -0.25) is 4.90 Å². The van der Waals surface area contributed by atoms with Gasteiger partial charge in [0.1, 0.15) is 12.0 Å². The van der Waals surface area contributed by atoms with Crippen LogP contribution < -0.4 is 5.73 Å². The second-order valence-corrected chi connectivity index (χ2v) is 7.13. The molecule has 1 aliphatic rings. The first-order chi connectivity index (χ1) is 12.7. The predicted molar refractivity (Wildman–Crippen MR) is 98.6 cm³/mol. The molecule has 1 atom stereocenters. The largest absolute Gasteiger partial charge is 0.444 e. The highest BCUT2D eigenvalue weighted by molar-refractivity contribution is 6.30. The zero-order valence-electron chi connectivity index (χ0n) is 14.4. The van der Waals surface area contributed by atoms with Crippen molar-refractivity contribution in [3.8, 4) is 11.5 Å². The van der Waals surface area contributed by atoms with Crippen molar-refractivity contribution in [3.05, 3.63) is 53.1 Å². The van der Waals surface area contributed by atoms with Crippen molar-refractivity contribution >= 4 is 11.6 Å². The van der Waals surface area contributed by atoms with Crippen LogP contribution in [-0.4, -0.2) is 44.0 Å². The zero-order valence-corrected chi connectivity index (χ0v) is 15.1. The van der Waals surface area contributed by atoms with Gasteiger partial charge in [0.05, 0.1) is 18.4 Å². The van der Waals surface area contributed by atoms with Crippen LogP contribution in [0.3, 0.4) is 0 Å². The number of rotatable bonds is 5. The van der Waals surface area contributed by atoms with Crippen LogP contribution in [0.1, 0.15) is 24.2 Å². The minimum atomic E-state index is 0.264. The van der Waals surface area contributed by atoms with E-state index in [1.165, 1.54) is 0 Å². The second kappa shape index (κ2) is 7.57. The number of nitrogens with zero attached hydrogens (tertiary/aromatic N) is 5. The molecule has 1 saturated heterocycles. The number of aromatic nitrogens is 4. The molecule has 136 valence electrons. The van der Waals surface area contributed by atoms with Gasteiger partial charge in [-0.2, -0.15) is 0 Å². The molecule has 3 heterocycles. The van der Waals surface area contributed by atoms with Crippen LogP contribution in [0.5, 0.6) is 0 Å². The molecule has 0 spiro atoms. The average Bonchev–Trinajstić information content (AvgIpc) is 3.26. The molecule has 0 bridgehead atoms. The van der Waals surface area contributed by atoms with E-state index >= 15 is 0 Å². The summed E-state index contributed by atoms with van der Waals surface area (Å²) in [7, 11) is 0. The van der Waals surface area contributed by atoms with E-state index in [9.17, 15) is 0 Å². The lowest BCUT2D eigenvalue weighted by molar-refractivity contribution is 0.199. The normalized spacial score (nSPS) is 18.3. The molecule has 8 heteroatoms. The van der Waals surface area contributed by atoms with Gasteiger partial charge in [-0.15, -0.1) is 5.10 Å². The summed E-state index contributed by atoms with van der Waals surface area (Å²) >= 11 is 5.91. The molecular weight excluding hydrogens is 352 g/mol. The van der Waals surface area contributed by atoms with Crippen molar-refractivity contribution in [1.29, 1.82) is 0 Å². The third kappa shape index (κ3) is 4.12. The third-order valence-corrected chi connectivity index (χ3v) is 4.73. The summed E-state index contributed by atoms with van der Waals surface area (Å²) in [5.41, 5.74) is 8.67. The number of piperidine rings is 1. The molecule has 1 aromatic carbocycles. The van der Waals surface area contributed by atoms with E-state index in [2.05, 4.69) is 20.2 Å². The number of benzene rings is 1. The quantitative estimate of drug-likeness (QED) is 0.740. The van der Waals surface area contributed by atoms with Gasteiger partial charge in [-0.05, 0) is 43.7 Å². The van der Waals surface area contributed by atoms with E-state index in [0.29, 0.717) is 17.5 Å². The summed E-state index contributed by atoms with van der Waals surface area (Å²) in [6.45, 7) is 3.28. The highest BCUT2D eigenvalue weighted by Gasteiger charge is 2.18. The van der Waals surface area contributed by atoms with E-state index in [1.54, 1.807) is 10.9 Å². The van der Waals surface area contributed by atoms with Crippen LogP contribution in [0.2, 0.25) is 5.02 Å². The third-order valence-electron chi connectivity index (χ3n) is 4.48. The molecule has 2 aromatic heterocycles. The smallest absolute Gasteiger partial charge is 0.226 e. The molecule has 3 aromatic rings. The Balaban J connectivity index is 1.39. The first kappa shape index (κ1) is 17.2. The molecular formula is C18H21ClN6O. The molecule has 26 heavy (non-hydrogen) atoms. The first-order valence-electron chi connectivity index (χ1n) is 8.73. The number of nitrogens with two attached hydrogens (primary N) is 1. The Kier molecular flexibility index (Phi) is 5.01. The number of halogens is 1. The Morgan fingerprint density at radius 2 is 2.04 bits per heavy atom. The molecule has 1 unspecified atom stereocenters. The molecule has 1 fully saturated rings. The van der Waals surface area contributed by atoms with E-state index in [4.69, 9.17) is 21.8 Å². The van der Waals surface area contributed by atoms with Crippen LogP contribution in [0.15, 0.2) is 41.1 Å². The summed E-state index contributed by atoms with van der Waals surface area (Å²) in [5, 5.41) is 9.15. The molecule has 7 nitrogen and oxygen atoms in total. The van der Waals surface area contributed by atoms with Gasteiger partial charge >= 0.3 is 0 Å². The fourth-order valence-corrected chi connectivity index (χ4v) is 3.35. The van der Waals surface area contributed by atoms with Crippen LogP contribution in [-0.2, 0) is 13.1 Å². The van der Waals surface area contributed by atoms with Crippen molar-refractivity contribution in [2.75, 3.05) is 13.1 Å². The van der Waals surface area contributed by atoms with Gasteiger partial charge in [0.15, 0.2) is 0 Å². The fourth-order valence-electron chi connectivity index (χ4n) is 3.22. The number of oxazole rings is 1. The molecule has 2 N–H and O–H groups in total. The molecule has 0 amide bonds. The van der Waals surface area contributed by atoms with Gasteiger partial charge < -0.3 is 10.2 Å². The van der Waals surface area contributed by atoms with Crippen molar-refractivity contribution in [3.63, 3.8) is 0 Å². The van der Waals surface area contributed by atoms with Crippen LogP contribution >= 0.6 is 11.6 Å². The maximum absolute atomic E-state index is 6.04. The molecule has 0 aliphatic carbocycles. The van der Waals surface area contributed by atoms with E-state index in [0.717, 1.165) is 49.4 Å². The molecule has 4 rings (SSSR count). The van der Waals surface area contributed by atoms with Gasteiger partial charge in [-0.25, -0.2) is 9.67 Å². The van der Waals surface area contributed by atoms with Gasteiger partial charge in [0, 0.05) is 29.7 Å². The fraction of sp³-hybridized carbons (Fsp3) is 0.389. The lowest BCUT2D eigenvalue weighted by Gasteiger charge is -2.29. The van der Waals surface area contributed by atoms with Crippen LogP contribution in [0, 0.1) is 0 Å². The van der Waals surface area contributed by atoms with E-state index in [1.807, 2.05) is 30.5 Å². The summed E-state index contributed by atoms with van der Waals surface area (Å²) in [5.74, 6) is 0.569. The summed E-state index contributed by atoms with van der Waals surface area (Å²) in [6.07, 6.45) is 5.85. The summed E-state index contributed by atoms with van der Waals surface area (Å²) in [4.78, 5) is 6.85. The monoisotopic (exact) mass is 372 g/mol. The van der Waals surface area contributed by atoms with Crippen molar-refractivity contribution in [2.45, 2.75) is 32.0 Å². The lowest BCUT2D eigenvalue weighted by atomic mass is 10.1. The Labute approximate surface area is 156 Å². The van der Waals surface area contributed by atoms with Crippen LogP contribution in [0.4, 0.5) is 0 Å². The first-order valence-corrected chi connectivity index (χ1v) is 9.11. The Morgan fingerprint density at radius 1 is 1.19 bits per heavy atom. The maximum Gasteiger partial charge on any atom is 0.226 e. The zero-order chi connectivity index (χ0) is 17.9. The van der Waals surface area contributed by atoms with Crippen molar-refractivity contribution < 1.29 is 4.42 Å². The van der Waals surface area contributed by atoms with Gasteiger partial charge in [0.25, 0.3) is 0 Å². The van der Waals surface area contributed by atoms with Crippen molar-refractivity contribution in [1.82, 2.24) is 24.9 Å². The average molecular weight is 373 g/mol.